The first-order valence-corrected chi connectivity index (χ1v) is 8.90. The van der Waals surface area contributed by atoms with Crippen molar-refractivity contribution in [2.45, 2.75) is 39.7 Å². The van der Waals surface area contributed by atoms with Gasteiger partial charge in [-0.1, -0.05) is 29.8 Å². The predicted molar refractivity (Wildman–Crippen MR) is 112 cm³/mol. The van der Waals surface area contributed by atoms with Gasteiger partial charge in [-0.15, -0.1) is 24.0 Å². The summed E-state index contributed by atoms with van der Waals surface area (Å²) in [4.78, 5) is 4.65. The summed E-state index contributed by atoms with van der Waals surface area (Å²) in [5.74, 6) is 0.857. The second kappa shape index (κ2) is 11.2. The van der Waals surface area contributed by atoms with Crippen molar-refractivity contribution in [2.75, 3.05) is 26.3 Å². The molecule has 0 aromatic heterocycles. The number of guanidine groups is 1. The van der Waals surface area contributed by atoms with Crippen LogP contribution in [-0.2, 0) is 11.3 Å². The predicted octanol–water partition coefficient (Wildman–Crippen LogP) is 4.22. The van der Waals surface area contributed by atoms with Crippen molar-refractivity contribution in [2.24, 2.45) is 10.4 Å². The van der Waals surface area contributed by atoms with Crippen LogP contribution in [0.3, 0.4) is 0 Å². The van der Waals surface area contributed by atoms with E-state index in [1.807, 2.05) is 31.2 Å². The van der Waals surface area contributed by atoms with Gasteiger partial charge in [0.15, 0.2) is 5.96 Å². The molecule has 24 heavy (non-hydrogen) atoms. The smallest absolute Gasteiger partial charge is 0.191 e. The zero-order chi connectivity index (χ0) is 16.5. The number of halogens is 2. The molecule has 1 aliphatic carbocycles. The molecule has 0 saturated heterocycles. The first kappa shape index (κ1) is 21.5. The van der Waals surface area contributed by atoms with Gasteiger partial charge >= 0.3 is 0 Å². The van der Waals surface area contributed by atoms with Gasteiger partial charge in [-0.3, -0.25) is 0 Å². The normalized spacial score (nSPS) is 15.5. The Kier molecular flexibility index (Phi) is 10.0. The highest BCUT2D eigenvalue weighted by molar-refractivity contribution is 14.0. The fourth-order valence-corrected chi connectivity index (χ4v) is 2.72. The van der Waals surface area contributed by atoms with Crippen molar-refractivity contribution in [3.63, 3.8) is 0 Å². The maximum Gasteiger partial charge on any atom is 0.191 e. The third kappa shape index (κ3) is 7.15. The minimum absolute atomic E-state index is 0. The molecule has 1 fully saturated rings. The summed E-state index contributed by atoms with van der Waals surface area (Å²) in [5, 5.41) is 7.55. The molecule has 0 atom stereocenters. The third-order valence-electron chi connectivity index (χ3n) is 4.28. The molecule has 1 aromatic carbocycles. The highest BCUT2D eigenvalue weighted by Gasteiger charge is 2.41. The van der Waals surface area contributed by atoms with E-state index in [2.05, 4.69) is 22.5 Å². The summed E-state index contributed by atoms with van der Waals surface area (Å²) in [6.45, 7) is 8.16. The molecule has 1 aliphatic rings. The maximum absolute atomic E-state index is 6.19. The summed E-state index contributed by atoms with van der Waals surface area (Å²) in [5.41, 5.74) is 1.44. The molecule has 0 aliphatic heterocycles. The molecule has 2 rings (SSSR count). The number of ether oxygens (including phenoxy) is 1. The Hall–Kier alpha value is -0.530. The molecule has 136 valence electrons. The molecule has 1 saturated carbocycles. The number of rotatable bonds is 9. The van der Waals surface area contributed by atoms with Gasteiger partial charge in [0.1, 0.15) is 0 Å². The minimum Gasteiger partial charge on any atom is -0.382 e. The number of hydrogen-bond acceptors (Lipinski definition) is 2. The van der Waals surface area contributed by atoms with Gasteiger partial charge < -0.3 is 15.4 Å². The van der Waals surface area contributed by atoms with Crippen molar-refractivity contribution in [1.82, 2.24) is 10.6 Å². The fourth-order valence-electron chi connectivity index (χ4n) is 2.53. The molecule has 0 spiro atoms. The average Bonchev–Trinajstić information content (AvgIpc) is 3.32. The number of aliphatic imine (C=N–C) groups is 1. The molecule has 0 bridgehead atoms. The number of hydrogen-bond donors (Lipinski definition) is 2. The van der Waals surface area contributed by atoms with Gasteiger partial charge in [0.2, 0.25) is 0 Å². The van der Waals surface area contributed by atoms with Gasteiger partial charge in [0, 0.05) is 31.3 Å². The van der Waals surface area contributed by atoms with Crippen LogP contribution >= 0.6 is 35.6 Å². The Morgan fingerprint density at radius 1 is 1.25 bits per heavy atom. The van der Waals surface area contributed by atoms with E-state index in [0.717, 1.165) is 49.3 Å². The largest absolute Gasteiger partial charge is 0.382 e. The summed E-state index contributed by atoms with van der Waals surface area (Å²) in [6, 6.07) is 7.85. The highest BCUT2D eigenvalue weighted by atomic mass is 127. The maximum atomic E-state index is 6.19. The summed E-state index contributed by atoms with van der Waals surface area (Å²) in [7, 11) is 0. The standard InChI is InChI=1S/C18H28ClN3O.HI/c1-3-20-17(21-13-15-7-5-6-8-16(15)19)22-14-18(9-10-18)11-12-23-4-2;/h5-8H,3-4,9-14H2,1-2H3,(H2,20,21,22);1H. The van der Waals surface area contributed by atoms with Gasteiger partial charge in [-0.05, 0) is 50.2 Å². The van der Waals surface area contributed by atoms with Gasteiger partial charge in [-0.2, -0.15) is 0 Å². The molecular weight excluding hydrogens is 437 g/mol. The SMILES string of the molecule is CCNC(=NCc1ccccc1Cl)NCC1(CCOCC)CC1.I. The van der Waals surface area contributed by atoms with Crippen LogP contribution in [0.15, 0.2) is 29.3 Å². The average molecular weight is 466 g/mol. The van der Waals surface area contributed by atoms with E-state index in [4.69, 9.17) is 16.3 Å². The van der Waals surface area contributed by atoms with Crippen LogP contribution in [0.4, 0.5) is 0 Å². The van der Waals surface area contributed by atoms with Crippen LogP contribution < -0.4 is 10.6 Å². The Bertz CT molecular complexity index is 521. The zero-order valence-corrected chi connectivity index (χ0v) is 17.7. The first-order chi connectivity index (χ1) is 11.2. The number of benzene rings is 1. The second-order valence-electron chi connectivity index (χ2n) is 6.09. The lowest BCUT2D eigenvalue weighted by molar-refractivity contribution is 0.128. The summed E-state index contributed by atoms with van der Waals surface area (Å²) >= 11 is 6.19. The molecule has 0 unspecified atom stereocenters. The molecule has 2 N–H and O–H groups in total. The molecule has 0 amide bonds. The Labute approximate surface area is 167 Å². The van der Waals surface area contributed by atoms with Crippen molar-refractivity contribution in [3.8, 4) is 0 Å². The molecular formula is C18H29ClIN3O. The lowest BCUT2D eigenvalue weighted by Crippen LogP contribution is -2.40. The molecule has 0 radical (unpaired) electrons. The van der Waals surface area contributed by atoms with E-state index in [1.54, 1.807) is 0 Å². The van der Waals surface area contributed by atoms with Gasteiger partial charge in [0.05, 0.1) is 6.54 Å². The van der Waals surface area contributed by atoms with Crippen LogP contribution in [0, 0.1) is 5.41 Å². The Morgan fingerprint density at radius 2 is 2.00 bits per heavy atom. The van der Waals surface area contributed by atoms with Crippen LogP contribution in [0.25, 0.3) is 0 Å². The van der Waals surface area contributed by atoms with E-state index in [0.29, 0.717) is 12.0 Å². The van der Waals surface area contributed by atoms with E-state index >= 15 is 0 Å². The molecule has 4 nitrogen and oxygen atoms in total. The van der Waals surface area contributed by atoms with Crippen LogP contribution in [0.5, 0.6) is 0 Å². The minimum atomic E-state index is 0. The summed E-state index contributed by atoms with van der Waals surface area (Å²) < 4.78 is 5.49. The third-order valence-corrected chi connectivity index (χ3v) is 4.65. The molecule has 6 heteroatoms. The van der Waals surface area contributed by atoms with E-state index in [1.165, 1.54) is 12.8 Å². The number of nitrogens with zero attached hydrogens (tertiary/aromatic N) is 1. The molecule has 0 heterocycles. The Morgan fingerprint density at radius 3 is 2.62 bits per heavy atom. The summed E-state index contributed by atoms with van der Waals surface area (Å²) in [6.07, 6.45) is 3.67. The second-order valence-corrected chi connectivity index (χ2v) is 6.49. The topological polar surface area (TPSA) is 45.7 Å². The first-order valence-electron chi connectivity index (χ1n) is 8.52. The Balaban J connectivity index is 0.00000288. The van der Waals surface area contributed by atoms with Crippen molar-refractivity contribution >= 4 is 41.5 Å². The van der Waals surface area contributed by atoms with E-state index in [-0.39, 0.29) is 24.0 Å². The monoisotopic (exact) mass is 465 g/mol. The molecule has 1 aromatic rings. The van der Waals surface area contributed by atoms with Crippen molar-refractivity contribution in [1.29, 1.82) is 0 Å². The van der Waals surface area contributed by atoms with Gasteiger partial charge in [-0.25, -0.2) is 4.99 Å². The quantitative estimate of drug-likeness (QED) is 0.248. The van der Waals surface area contributed by atoms with Crippen LogP contribution in [0.1, 0.15) is 38.7 Å². The van der Waals surface area contributed by atoms with Crippen LogP contribution in [-0.4, -0.2) is 32.3 Å². The van der Waals surface area contributed by atoms with Crippen molar-refractivity contribution < 1.29 is 4.74 Å². The lowest BCUT2D eigenvalue weighted by Gasteiger charge is -2.18. The van der Waals surface area contributed by atoms with E-state index in [9.17, 15) is 0 Å². The fraction of sp³-hybridized carbons (Fsp3) is 0.611. The zero-order valence-electron chi connectivity index (χ0n) is 14.6. The lowest BCUT2D eigenvalue weighted by atomic mass is 10.0. The van der Waals surface area contributed by atoms with E-state index < -0.39 is 0 Å². The van der Waals surface area contributed by atoms with Gasteiger partial charge in [0.25, 0.3) is 0 Å². The number of nitrogens with one attached hydrogen (secondary N) is 2. The highest BCUT2D eigenvalue weighted by Crippen LogP contribution is 2.48. The van der Waals surface area contributed by atoms with Crippen LogP contribution in [0.2, 0.25) is 5.02 Å². The van der Waals surface area contributed by atoms with Crippen molar-refractivity contribution in [3.05, 3.63) is 34.9 Å².